The van der Waals surface area contributed by atoms with Crippen LogP contribution in [0.2, 0.25) is 0 Å². The number of esters is 1. The number of hydrogen-bond acceptors (Lipinski definition) is 7. The average molecular weight is 359 g/mol. The van der Waals surface area contributed by atoms with Crippen LogP contribution in [0.1, 0.15) is 21.8 Å². The Balaban J connectivity index is 1.76. The Morgan fingerprint density at radius 2 is 2.08 bits per heavy atom. The molecule has 6 nitrogen and oxygen atoms in total. The zero-order valence-electron chi connectivity index (χ0n) is 14.1. The van der Waals surface area contributed by atoms with E-state index < -0.39 is 5.97 Å². The zero-order chi connectivity index (χ0) is 17.8. The van der Waals surface area contributed by atoms with Crippen LogP contribution in [-0.2, 0) is 11.3 Å². The number of rotatable bonds is 6. The lowest BCUT2D eigenvalue weighted by Gasteiger charge is -2.11. The van der Waals surface area contributed by atoms with Crippen molar-refractivity contribution in [2.75, 3.05) is 14.2 Å². The number of aromatic nitrogens is 1. The first kappa shape index (κ1) is 17.0. The van der Waals surface area contributed by atoms with E-state index in [0.717, 1.165) is 4.88 Å². The highest BCUT2D eigenvalue weighted by Crippen LogP contribution is 2.30. The van der Waals surface area contributed by atoms with Crippen LogP contribution in [0.3, 0.4) is 0 Å². The van der Waals surface area contributed by atoms with Gasteiger partial charge >= 0.3 is 5.97 Å². The maximum Gasteiger partial charge on any atom is 0.337 e. The molecule has 7 heteroatoms. The van der Waals surface area contributed by atoms with E-state index in [9.17, 15) is 4.79 Å². The molecule has 3 aromatic rings. The minimum atomic E-state index is -0.433. The third kappa shape index (κ3) is 3.66. The number of oxazole rings is 1. The Morgan fingerprint density at radius 3 is 2.76 bits per heavy atom. The molecule has 2 aromatic heterocycles. The van der Waals surface area contributed by atoms with Crippen LogP contribution in [0.25, 0.3) is 10.8 Å². The zero-order valence-corrected chi connectivity index (χ0v) is 14.9. The summed E-state index contributed by atoms with van der Waals surface area (Å²) in [6.07, 6.45) is 0. The number of thiophene rings is 1. The Labute approximate surface area is 149 Å². The van der Waals surface area contributed by atoms with E-state index >= 15 is 0 Å². The van der Waals surface area contributed by atoms with Gasteiger partial charge in [0, 0.05) is 0 Å². The molecule has 0 aliphatic carbocycles. The van der Waals surface area contributed by atoms with Crippen molar-refractivity contribution in [2.24, 2.45) is 0 Å². The molecule has 0 amide bonds. The monoisotopic (exact) mass is 359 g/mol. The van der Waals surface area contributed by atoms with Gasteiger partial charge < -0.3 is 18.6 Å². The maximum atomic E-state index is 11.6. The van der Waals surface area contributed by atoms with Crippen molar-refractivity contribution in [2.45, 2.75) is 13.5 Å². The third-order valence-electron chi connectivity index (χ3n) is 3.57. The second-order valence-electron chi connectivity index (χ2n) is 5.15. The number of benzene rings is 1. The summed E-state index contributed by atoms with van der Waals surface area (Å²) >= 11 is 1.56. The van der Waals surface area contributed by atoms with Crippen LogP contribution in [-0.4, -0.2) is 25.2 Å². The summed E-state index contributed by atoms with van der Waals surface area (Å²) in [5.41, 5.74) is 1.10. The fourth-order valence-electron chi connectivity index (χ4n) is 2.25. The lowest BCUT2D eigenvalue weighted by Crippen LogP contribution is -2.03. The average Bonchev–Trinajstić information content (AvgIpc) is 3.29. The number of carbonyl (C=O) groups excluding carboxylic acids is 1. The fourth-order valence-corrected chi connectivity index (χ4v) is 2.89. The minimum Gasteiger partial charge on any atom is -0.493 e. The van der Waals surface area contributed by atoms with Crippen molar-refractivity contribution in [3.8, 4) is 22.3 Å². The Kier molecular flexibility index (Phi) is 5.04. The second-order valence-corrected chi connectivity index (χ2v) is 6.09. The molecule has 0 spiro atoms. The van der Waals surface area contributed by atoms with Gasteiger partial charge in [-0.25, -0.2) is 9.78 Å². The first-order valence-electron chi connectivity index (χ1n) is 7.51. The molecule has 0 saturated carbocycles. The summed E-state index contributed by atoms with van der Waals surface area (Å²) in [4.78, 5) is 17.0. The molecule has 0 fully saturated rings. The molecule has 0 radical (unpaired) electrons. The molecule has 0 atom stereocenters. The molecule has 0 N–H and O–H groups in total. The van der Waals surface area contributed by atoms with Crippen molar-refractivity contribution in [3.05, 3.63) is 52.7 Å². The minimum absolute atomic E-state index is 0.231. The van der Waals surface area contributed by atoms with Gasteiger partial charge in [0.05, 0.1) is 24.7 Å². The fraction of sp³-hybridized carbons (Fsp3) is 0.222. The molecular formula is C18H17NO5S. The molecule has 1 aromatic carbocycles. The van der Waals surface area contributed by atoms with Crippen LogP contribution < -0.4 is 9.47 Å². The summed E-state index contributed by atoms with van der Waals surface area (Å²) in [6, 6.07) is 8.77. The van der Waals surface area contributed by atoms with Gasteiger partial charge in [-0.3, -0.25) is 0 Å². The number of nitrogens with zero attached hydrogens (tertiary/aromatic N) is 1. The molecular weight excluding hydrogens is 342 g/mol. The predicted molar refractivity (Wildman–Crippen MR) is 93.2 cm³/mol. The normalized spacial score (nSPS) is 10.5. The molecule has 0 aliphatic heterocycles. The molecule has 0 aliphatic rings. The van der Waals surface area contributed by atoms with Gasteiger partial charge in [-0.1, -0.05) is 6.07 Å². The summed E-state index contributed by atoms with van der Waals surface area (Å²) < 4.78 is 21.5. The van der Waals surface area contributed by atoms with E-state index in [1.165, 1.54) is 14.2 Å². The van der Waals surface area contributed by atoms with E-state index in [0.29, 0.717) is 34.4 Å². The van der Waals surface area contributed by atoms with Crippen LogP contribution in [0, 0.1) is 6.92 Å². The number of aryl methyl sites for hydroxylation is 1. The quantitative estimate of drug-likeness (QED) is 0.618. The molecule has 25 heavy (non-hydrogen) atoms. The van der Waals surface area contributed by atoms with E-state index in [1.54, 1.807) is 29.5 Å². The largest absolute Gasteiger partial charge is 0.493 e. The number of ether oxygens (including phenoxy) is 3. The van der Waals surface area contributed by atoms with E-state index in [1.807, 2.05) is 24.4 Å². The molecule has 2 heterocycles. The van der Waals surface area contributed by atoms with Gasteiger partial charge in [0.2, 0.25) is 5.89 Å². The summed E-state index contributed by atoms with van der Waals surface area (Å²) in [7, 11) is 2.84. The van der Waals surface area contributed by atoms with Gasteiger partial charge in [-0.15, -0.1) is 11.3 Å². The second kappa shape index (κ2) is 7.40. The van der Waals surface area contributed by atoms with Crippen LogP contribution in [0.15, 0.2) is 40.1 Å². The number of carbonyl (C=O) groups is 1. The van der Waals surface area contributed by atoms with Gasteiger partial charge in [-0.05, 0) is 36.6 Å². The number of methoxy groups -OCH3 is 2. The first-order chi connectivity index (χ1) is 12.1. The predicted octanol–water partition coefficient (Wildman–Crippen LogP) is 4.09. The van der Waals surface area contributed by atoms with Crippen molar-refractivity contribution in [1.29, 1.82) is 0 Å². The molecule has 0 bridgehead atoms. The van der Waals surface area contributed by atoms with Crippen LogP contribution in [0.4, 0.5) is 0 Å². The third-order valence-corrected chi connectivity index (χ3v) is 4.43. The van der Waals surface area contributed by atoms with Gasteiger partial charge in [0.15, 0.2) is 11.5 Å². The molecule has 0 unspecified atom stereocenters. The summed E-state index contributed by atoms with van der Waals surface area (Å²) in [6.45, 7) is 2.08. The molecule has 130 valence electrons. The first-order valence-corrected chi connectivity index (χ1v) is 8.39. The Bertz CT molecular complexity index is 870. The van der Waals surface area contributed by atoms with E-state index in [2.05, 4.69) is 4.98 Å². The van der Waals surface area contributed by atoms with Gasteiger partial charge in [0.25, 0.3) is 0 Å². The standard InChI is InChI=1S/C18H17NO5S/c1-11-13(19-17(24-11)16-5-4-8-25-16)10-23-14-7-6-12(18(20)22-3)9-15(14)21-2/h4-9H,10H2,1-3H3. The van der Waals surface area contributed by atoms with Gasteiger partial charge in [0.1, 0.15) is 18.1 Å². The van der Waals surface area contributed by atoms with Crippen molar-refractivity contribution in [1.82, 2.24) is 4.98 Å². The topological polar surface area (TPSA) is 70.8 Å². The molecule has 0 saturated heterocycles. The summed E-state index contributed by atoms with van der Waals surface area (Å²) in [5.74, 6) is 1.81. The Morgan fingerprint density at radius 1 is 1.24 bits per heavy atom. The van der Waals surface area contributed by atoms with Crippen LogP contribution >= 0.6 is 11.3 Å². The lowest BCUT2D eigenvalue weighted by atomic mass is 10.2. The van der Waals surface area contributed by atoms with Gasteiger partial charge in [-0.2, -0.15) is 0 Å². The maximum absolute atomic E-state index is 11.6. The van der Waals surface area contributed by atoms with Crippen molar-refractivity contribution in [3.63, 3.8) is 0 Å². The highest BCUT2D eigenvalue weighted by molar-refractivity contribution is 7.13. The highest BCUT2D eigenvalue weighted by Gasteiger charge is 2.15. The number of hydrogen-bond donors (Lipinski definition) is 0. The van der Waals surface area contributed by atoms with Crippen molar-refractivity contribution >= 4 is 17.3 Å². The van der Waals surface area contributed by atoms with E-state index in [-0.39, 0.29) is 6.61 Å². The summed E-state index contributed by atoms with van der Waals surface area (Å²) in [5, 5.41) is 1.97. The lowest BCUT2D eigenvalue weighted by molar-refractivity contribution is 0.0600. The Hall–Kier alpha value is -2.80. The van der Waals surface area contributed by atoms with Crippen molar-refractivity contribution < 1.29 is 23.4 Å². The smallest absolute Gasteiger partial charge is 0.337 e. The highest BCUT2D eigenvalue weighted by atomic mass is 32.1. The SMILES string of the molecule is COC(=O)c1ccc(OCc2nc(-c3cccs3)oc2C)c(OC)c1. The van der Waals surface area contributed by atoms with Crippen LogP contribution in [0.5, 0.6) is 11.5 Å². The van der Waals surface area contributed by atoms with E-state index in [4.69, 9.17) is 18.6 Å². The molecule has 3 rings (SSSR count).